The number of alkyl halides is 3. The molecule has 0 aliphatic carbocycles. The van der Waals surface area contributed by atoms with Crippen LogP contribution in [-0.2, 0) is 16.0 Å². The minimum absolute atomic E-state index is 0.230. The third-order valence-electron chi connectivity index (χ3n) is 4.36. The van der Waals surface area contributed by atoms with Gasteiger partial charge in [-0.15, -0.1) is 0 Å². The zero-order chi connectivity index (χ0) is 16.4. The minimum Gasteiger partial charge on any atom is -0.377 e. The summed E-state index contributed by atoms with van der Waals surface area (Å²) in [6.07, 6.45) is -4.49. The molecule has 1 saturated heterocycles. The number of carbonyl (C=O) groups is 1. The Morgan fingerprint density at radius 1 is 1.13 bits per heavy atom. The van der Waals surface area contributed by atoms with Gasteiger partial charge in [0.1, 0.15) is 0 Å². The van der Waals surface area contributed by atoms with Gasteiger partial charge < -0.3 is 4.74 Å². The van der Waals surface area contributed by atoms with Gasteiger partial charge >= 0.3 is 6.18 Å². The molecule has 1 aliphatic heterocycles. The molecule has 1 fully saturated rings. The predicted octanol–water partition coefficient (Wildman–Crippen LogP) is 4.31. The van der Waals surface area contributed by atoms with Crippen molar-refractivity contribution in [1.82, 2.24) is 0 Å². The van der Waals surface area contributed by atoms with E-state index in [1.165, 1.54) is 0 Å². The fourth-order valence-corrected chi connectivity index (χ4v) is 3.24. The van der Waals surface area contributed by atoms with Gasteiger partial charge in [-0.3, -0.25) is 4.79 Å². The summed E-state index contributed by atoms with van der Waals surface area (Å²) in [5.41, 5.74) is 0.912. The van der Waals surface area contributed by atoms with E-state index in [1.807, 2.05) is 42.5 Å². The number of hydrogen-bond donors (Lipinski definition) is 0. The Hall–Kier alpha value is -1.88. The molecule has 0 N–H and O–H groups in total. The van der Waals surface area contributed by atoms with E-state index < -0.39 is 24.0 Å². The standard InChI is InChI=1S/C18H17F3O2/c19-18(20,21)17(22)15-9-4-10-23-16(15)11-13-7-3-6-12-5-1-2-8-14(12)13/h1-3,5-8,15-16H,4,9-11H2/t15-,16-/m1/s1. The molecule has 1 heterocycles. The fourth-order valence-electron chi connectivity index (χ4n) is 3.24. The van der Waals surface area contributed by atoms with Gasteiger partial charge in [0.15, 0.2) is 0 Å². The van der Waals surface area contributed by atoms with Crippen LogP contribution in [0.2, 0.25) is 0 Å². The number of hydrogen-bond acceptors (Lipinski definition) is 2. The number of ether oxygens (including phenoxy) is 1. The first-order chi connectivity index (χ1) is 11.0. The van der Waals surface area contributed by atoms with Crippen molar-refractivity contribution in [2.75, 3.05) is 6.61 Å². The van der Waals surface area contributed by atoms with Gasteiger partial charge in [0.25, 0.3) is 0 Å². The lowest BCUT2D eigenvalue weighted by Gasteiger charge is -2.31. The molecule has 0 radical (unpaired) electrons. The van der Waals surface area contributed by atoms with E-state index in [0.29, 0.717) is 19.4 Å². The number of Topliss-reactive ketones (excluding diaryl/α,β-unsaturated/α-hetero) is 1. The number of rotatable bonds is 3. The zero-order valence-corrected chi connectivity index (χ0v) is 12.5. The van der Waals surface area contributed by atoms with Gasteiger partial charge in [-0.2, -0.15) is 13.2 Å². The van der Waals surface area contributed by atoms with Crippen molar-refractivity contribution in [2.24, 2.45) is 5.92 Å². The molecule has 0 spiro atoms. The molecule has 1 aliphatic rings. The van der Waals surface area contributed by atoms with E-state index in [0.717, 1.165) is 16.3 Å². The lowest BCUT2D eigenvalue weighted by Crippen LogP contribution is -2.42. The smallest absolute Gasteiger partial charge is 0.377 e. The summed E-state index contributed by atoms with van der Waals surface area (Å²) in [4.78, 5) is 11.7. The van der Waals surface area contributed by atoms with Gasteiger partial charge in [-0.1, -0.05) is 42.5 Å². The summed E-state index contributed by atoms with van der Waals surface area (Å²) >= 11 is 0. The quantitative estimate of drug-likeness (QED) is 0.842. The molecule has 122 valence electrons. The van der Waals surface area contributed by atoms with E-state index >= 15 is 0 Å². The Labute approximate surface area is 132 Å². The van der Waals surface area contributed by atoms with E-state index in [9.17, 15) is 18.0 Å². The summed E-state index contributed by atoms with van der Waals surface area (Å²) in [5, 5.41) is 2.02. The molecule has 2 atom stereocenters. The predicted molar refractivity (Wildman–Crippen MR) is 81.2 cm³/mol. The molecule has 23 heavy (non-hydrogen) atoms. The van der Waals surface area contributed by atoms with Crippen LogP contribution in [0.4, 0.5) is 13.2 Å². The van der Waals surface area contributed by atoms with E-state index in [2.05, 4.69) is 0 Å². The van der Waals surface area contributed by atoms with Crippen LogP contribution in [0.5, 0.6) is 0 Å². The summed E-state index contributed by atoms with van der Waals surface area (Å²) in [6, 6.07) is 13.4. The lowest BCUT2D eigenvalue weighted by atomic mass is 9.85. The van der Waals surface area contributed by atoms with Gasteiger partial charge in [0.05, 0.1) is 12.0 Å². The molecular weight excluding hydrogens is 305 g/mol. The Kier molecular flexibility index (Phi) is 4.39. The van der Waals surface area contributed by atoms with Gasteiger partial charge in [0, 0.05) is 6.61 Å². The highest BCUT2D eigenvalue weighted by Crippen LogP contribution is 2.32. The fraction of sp³-hybridized carbons (Fsp3) is 0.389. The SMILES string of the molecule is O=C([C@@H]1CCCO[C@@H]1Cc1cccc2ccccc12)C(F)(F)F. The van der Waals surface area contributed by atoms with E-state index in [-0.39, 0.29) is 6.42 Å². The Bertz CT molecular complexity index is 703. The highest BCUT2D eigenvalue weighted by Gasteiger charge is 2.47. The molecular formula is C18H17F3O2. The number of fused-ring (bicyclic) bond motifs is 1. The normalized spacial score (nSPS) is 22.2. The molecule has 2 nitrogen and oxygen atoms in total. The van der Waals surface area contributed by atoms with Crippen LogP contribution >= 0.6 is 0 Å². The summed E-state index contributed by atoms with van der Waals surface area (Å²) in [7, 11) is 0. The third kappa shape index (κ3) is 3.39. The van der Waals surface area contributed by atoms with Gasteiger partial charge in [-0.05, 0) is 35.6 Å². The van der Waals surface area contributed by atoms with Crippen molar-refractivity contribution in [3.05, 3.63) is 48.0 Å². The molecule has 2 aromatic rings. The van der Waals surface area contributed by atoms with Crippen LogP contribution in [0, 0.1) is 5.92 Å². The van der Waals surface area contributed by atoms with Crippen LogP contribution in [0.15, 0.2) is 42.5 Å². The average molecular weight is 322 g/mol. The highest BCUT2D eigenvalue weighted by molar-refractivity contribution is 5.88. The van der Waals surface area contributed by atoms with Crippen LogP contribution < -0.4 is 0 Å². The minimum atomic E-state index is -4.80. The second kappa shape index (κ2) is 6.32. The second-order valence-corrected chi connectivity index (χ2v) is 5.86. The summed E-state index contributed by atoms with van der Waals surface area (Å²) in [5.74, 6) is -2.77. The Morgan fingerprint density at radius 2 is 1.87 bits per heavy atom. The molecule has 0 aromatic heterocycles. The maximum Gasteiger partial charge on any atom is 0.450 e. The van der Waals surface area contributed by atoms with Crippen LogP contribution in [0.1, 0.15) is 18.4 Å². The highest BCUT2D eigenvalue weighted by atomic mass is 19.4. The van der Waals surface area contributed by atoms with E-state index in [4.69, 9.17) is 4.74 Å². The average Bonchev–Trinajstić information content (AvgIpc) is 2.54. The Balaban J connectivity index is 1.88. The second-order valence-electron chi connectivity index (χ2n) is 5.86. The lowest BCUT2D eigenvalue weighted by molar-refractivity contribution is -0.183. The molecule has 0 amide bonds. The van der Waals surface area contributed by atoms with Gasteiger partial charge in [0.2, 0.25) is 5.78 Å². The third-order valence-corrected chi connectivity index (χ3v) is 4.36. The first-order valence-corrected chi connectivity index (χ1v) is 7.66. The molecule has 3 rings (SSSR count). The number of carbonyl (C=O) groups excluding carboxylic acids is 1. The maximum atomic E-state index is 12.8. The number of ketones is 1. The number of benzene rings is 2. The summed E-state index contributed by atoms with van der Waals surface area (Å²) in [6.45, 7) is 0.400. The first-order valence-electron chi connectivity index (χ1n) is 7.66. The molecule has 2 aromatic carbocycles. The Morgan fingerprint density at radius 3 is 2.65 bits per heavy atom. The van der Waals surface area contributed by atoms with Crippen molar-refractivity contribution < 1.29 is 22.7 Å². The molecule has 0 saturated carbocycles. The first kappa shape index (κ1) is 16.0. The largest absolute Gasteiger partial charge is 0.450 e. The van der Waals surface area contributed by atoms with Gasteiger partial charge in [-0.25, -0.2) is 0 Å². The van der Waals surface area contributed by atoms with Crippen molar-refractivity contribution in [3.63, 3.8) is 0 Å². The summed E-state index contributed by atoms with van der Waals surface area (Å²) < 4.78 is 43.9. The van der Waals surface area contributed by atoms with Crippen molar-refractivity contribution >= 4 is 16.6 Å². The van der Waals surface area contributed by atoms with Crippen LogP contribution in [0.3, 0.4) is 0 Å². The maximum absolute atomic E-state index is 12.8. The van der Waals surface area contributed by atoms with Crippen molar-refractivity contribution in [3.8, 4) is 0 Å². The number of halogens is 3. The van der Waals surface area contributed by atoms with E-state index in [1.54, 1.807) is 0 Å². The monoisotopic (exact) mass is 322 g/mol. The van der Waals surface area contributed by atoms with Crippen LogP contribution in [0.25, 0.3) is 10.8 Å². The topological polar surface area (TPSA) is 26.3 Å². The molecule has 5 heteroatoms. The molecule has 0 unspecified atom stereocenters. The molecule has 0 bridgehead atoms. The van der Waals surface area contributed by atoms with Crippen molar-refractivity contribution in [1.29, 1.82) is 0 Å². The zero-order valence-electron chi connectivity index (χ0n) is 12.5. The van der Waals surface area contributed by atoms with Crippen molar-refractivity contribution in [2.45, 2.75) is 31.5 Å². The van der Waals surface area contributed by atoms with Crippen LogP contribution in [-0.4, -0.2) is 24.7 Å².